The van der Waals surface area contributed by atoms with Crippen molar-refractivity contribution in [2.45, 2.75) is 57.9 Å². The molecule has 3 aromatic heterocycles. The molecule has 0 spiro atoms. The van der Waals surface area contributed by atoms with Crippen LogP contribution in [-0.2, 0) is 29.1 Å². The lowest BCUT2D eigenvalue weighted by atomic mass is 9.91. The molecule has 2 aliphatic heterocycles. The van der Waals surface area contributed by atoms with E-state index in [0.29, 0.717) is 90.3 Å². The molecular formula is C43H45ClN6O7. The molecule has 5 heterocycles. The standard InChI is InChI=1S/C43H45ClN6O7/c1-25-30(32-8-5-9-34-33(32)10-11-37(34)57-42-36(44)18-27(41(46-42)54-2)22-49-15-13-29(51)24-49)6-4-7-31(25)38-19-35-39(56-38)28(20-45)23-50(40(35)47-55-3)17-16-48-14-12-26(21-48)43(52)53/h4-9,18-19,23,26,29,37,51H,10-17,21-22,24H2,1-3H3,(H,52,53)/b47-40-/t26-,29-,37+/m1/s1. The number of nitriles is 1. The number of aliphatic hydroxyl groups excluding tert-OH is 1. The summed E-state index contributed by atoms with van der Waals surface area (Å²) in [6.07, 6.45) is 4.06. The molecule has 2 N–H and O–H groups in total. The summed E-state index contributed by atoms with van der Waals surface area (Å²) in [5.41, 5.74) is 8.49. The highest BCUT2D eigenvalue weighted by atomic mass is 35.5. The first-order valence-corrected chi connectivity index (χ1v) is 19.7. The Morgan fingerprint density at radius 1 is 1.04 bits per heavy atom. The minimum absolute atomic E-state index is 0.254. The average molecular weight is 793 g/mol. The number of carboxylic acids is 1. The Bertz CT molecular complexity index is 2460. The maximum Gasteiger partial charge on any atom is 0.307 e. The molecule has 0 radical (unpaired) electrons. The molecule has 3 aliphatic rings. The number of carbonyl (C=O) groups is 1. The molecule has 0 bridgehead atoms. The predicted molar refractivity (Wildman–Crippen MR) is 213 cm³/mol. The van der Waals surface area contributed by atoms with E-state index in [-0.39, 0.29) is 18.1 Å². The highest BCUT2D eigenvalue weighted by molar-refractivity contribution is 6.31. The molecule has 5 aromatic rings. The molecule has 0 unspecified atom stereocenters. The Morgan fingerprint density at radius 2 is 1.82 bits per heavy atom. The number of rotatable bonds is 12. The first-order chi connectivity index (χ1) is 27.6. The van der Waals surface area contributed by atoms with Crippen LogP contribution < -0.4 is 15.0 Å². The molecule has 296 valence electrons. The van der Waals surface area contributed by atoms with Gasteiger partial charge in [0.05, 0.1) is 24.5 Å². The lowest BCUT2D eigenvalue weighted by Gasteiger charge is -2.20. The average Bonchev–Trinajstić information content (AvgIpc) is 4.03. The Labute approximate surface area is 335 Å². The maximum absolute atomic E-state index is 11.5. The fraction of sp³-hybridized carbons (Fsp3) is 0.395. The van der Waals surface area contributed by atoms with Gasteiger partial charge in [0.15, 0.2) is 11.1 Å². The van der Waals surface area contributed by atoms with Gasteiger partial charge in [-0.3, -0.25) is 9.69 Å². The fourth-order valence-electron chi connectivity index (χ4n) is 8.63. The van der Waals surface area contributed by atoms with E-state index < -0.39 is 5.97 Å². The number of benzene rings is 2. The van der Waals surface area contributed by atoms with Crippen molar-refractivity contribution < 1.29 is 33.7 Å². The minimum Gasteiger partial charge on any atom is -0.481 e. The zero-order chi connectivity index (χ0) is 39.8. The van der Waals surface area contributed by atoms with Gasteiger partial charge in [0.25, 0.3) is 0 Å². The lowest BCUT2D eigenvalue weighted by molar-refractivity contribution is -0.141. The van der Waals surface area contributed by atoms with Gasteiger partial charge in [-0.15, -0.1) is 0 Å². The molecule has 1 aliphatic carbocycles. The number of hydrogen-bond donors (Lipinski definition) is 2. The Kier molecular flexibility index (Phi) is 11.0. The second kappa shape index (κ2) is 16.2. The van der Waals surface area contributed by atoms with Crippen molar-refractivity contribution in [3.63, 3.8) is 0 Å². The van der Waals surface area contributed by atoms with Gasteiger partial charge in [-0.1, -0.05) is 53.2 Å². The van der Waals surface area contributed by atoms with Gasteiger partial charge in [0, 0.05) is 56.6 Å². The molecule has 0 amide bonds. The largest absolute Gasteiger partial charge is 0.481 e. The quantitative estimate of drug-likeness (QED) is 0.137. The van der Waals surface area contributed by atoms with Crippen molar-refractivity contribution in [1.82, 2.24) is 19.4 Å². The van der Waals surface area contributed by atoms with Gasteiger partial charge in [-0.25, -0.2) is 0 Å². The summed E-state index contributed by atoms with van der Waals surface area (Å²) in [5.74, 6) is 0.238. The Balaban J connectivity index is 1.08. The number of likely N-dealkylation sites (tertiary alicyclic amines) is 2. The Morgan fingerprint density at radius 3 is 2.56 bits per heavy atom. The summed E-state index contributed by atoms with van der Waals surface area (Å²) in [6.45, 7) is 6.34. The van der Waals surface area contributed by atoms with Gasteiger partial charge < -0.3 is 38.4 Å². The summed E-state index contributed by atoms with van der Waals surface area (Å²) in [7, 11) is 3.07. The van der Waals surface area contributed by atoms with E-state index in [0.717, 1.165) is 59.2 Å². The fourth-order valence-corrected chi connectivity index (χ4v) is 8.85. The summed E-state index contributed by atoms with van der Waals surface area (Å²) in [6, 6.07) is 18.5. The topological polar surface area (TPSA) is 159 Å². The zero-order valence-corrected chi connectivity index (χ0v) is 33.0. The highest BCUT2D eigenvalue weighted by Crippen LogP contribution is 2.44. The van der Waals surface area contributed by atoms with Crippen LogP contribution in [0.4, 0.5) is 0 Å². The van der Waals surface area contributed by atoms with E-state index in [1.807, 2.05) is 34.9 Å². The molecule has 8 rings (SSSR count). The number of aliphatic carboxylic acids is 1. The minimum atomic E-state index is -0.772. The summed E-state index contributed by atoms with van der Waals surface area (Å²) >= 11 is 6.77. The van der Waals surface area contributed by atoms with Crippen molar-refractivity contribution in [3.8, 4) is 40.3 Å². The van der Waals surface area contributed by atoms with Gasteiger partial charge in [0.1, 0.15) is 35.6 Å². The number of carboxylic acid groups (broad SMARTS) is 1. The maximum atomic E-state index is 11.5. The molecule has 57 heavy (non-hydrogen) atoms. The monoisotopic (exact) mass is 792 g/mol. The first-order valence-electron chi connectivity index (χ1n) is 19.3. The first kappa shape index (κ1) is 38.5. The van der Waals surface area contributed by atoms with E-state index in [1.54, 1.807) is 13.3 Å². The third-order valence-corrected chi connectivity index (χ3v) is 11.8. The van der Waals surface area contributed by atoms with Crippen LogP contribution in [0.3, 0.4) is 0 Å². The molecule has 2 aromatic carbocycles. The predicted octanol–water partition coefficient (Wildman–Crippen LogP) is 6.31. The third-order valence-electron chi connectivity index (χ3n) is 11.5. The van der Waals surface area contributed by atoms with Crippen LogP contribution in [0.1, 0.15) is 53.2 Å². The smallest absolute Gasteiger partial charge is 0.307 e. The number of hydrogen-bond acceptors (Lipinski definition) is 11. The number of aromatic nitrogens is 2. The van der Waals surface area contributed by atoms with Crippen LogP contribution in [0.2, 0.25) is 5.02 Å². The van der Waals surface area contributed by atoms with E-state index in [4.69, 9.17) is 30.3 Å². The zero-order valence-electron chi connectivity index (χ0n) is 32.2. The summed E-state index contributed by atoms with van der Waals surface area (Å²) in [5, 5.41) is 35.0. The number of aliphatic hydroxyl groups is 1. The van der Waals surface area contributed by atoms with Crippen molar-refractivity contribution in [2.75, 3.05) is 46.9 Å². The number of methoxy groups -OCH3 is 1. The normalized spacial score (nSPS) is 19.9. The van der Waals surface area contributed by atoms with E-state index in [9.17, 15) is 20.3 Å². The van der Waals surface area contributed by atoms with Gasteiger partial charge in [0.2, 0.25) is 11.8 Å². The number of nitrogens with zero attached hydrogens (tertiary/aromatic N) is 6. The number of β-amino-alcohol motifs (C(OH)–C–C–N with tert-alkyl or cyclic N) is 1. The van der Waals surface area contributed by atoms with Crippen LogP contribution in [0.15, 0.2) is 64.3 Å². The Hall–Kier alpha value is -5.39. The molecular weight excluding hydrogens is 748 g/mol. The van der Waals surface area contributed by atoms with Crippen LogP contribution in [0, 0.1) is 24.2 Å². The van der Waals surface area contributed by atoms with E-state index in [2.05, 4.69) is 51.1 Å². The number of furan rings is 1. The van der Waals surface area contributed by atoms with Crippen LogP contribution in [0.25, 0.3) is 33.4 Å². The number of ether oxygens (including phenoxy) is 2. The van der Waals surface area contributed by atoms with E-state index in [1.165, 1.54) is 12.7 Å². The van der Waals surface area contributed by atoms with Crippen LogP contribution in [0.5, 0.6) is 11.8 Å². The van der Waals surface area contributed by atoms with Crippen molar-refractivity contribution in [1.29, 1.82) is 5.26 Å². The van der Waals surface area contributed by atoms with Gasteiger partial charge in [-0.2, -0.15) is 10.2 Å². The van der Waals surface area contributed by atoms with Crippen molar-refractivity contribution in [3.05, 3.63) is 93.1 Å². The van der Waals surface area contributed by atoms with E-state index >= 15 is 0 Å². The van der Waals surface area contributed by atoms with Gasteiger partial charge >= 0.3 is 5.97 Å². The number of fused-ring (bicyclic) bond motifs is 2. The van der Waals surface area contributed by atoms with Crippen LogP contribution in [-0.4, -0.2) is 88.6 Å². The molecule has 3 atom stereocenters. The second-order valence-corrected chi connectivity index (χ2v) is 15.4. The number of pyridine rings is 2. The molecule has 2 fully saturated rings. The SMILES string of the molecule is CO/N=c1/c2cc(-c3cccc(-c4cccc5c4CC[C@@H]5Oc4nc(OC)c(CN5CC[C@@H](O)C5)cc4Cl)c3C)oc2c(C#N)cn1CCN1CC[C@@H](C(=O)O)C1. The van der Waals surface area contributed by atoms with Crippen molar-refractivity contribution >= 4 is 28.5 Å². The number of halogens is 1. The lowest BCUT2D eigenvalue weighted by Crippen LogP contribution is -2.31. The molecule has 14 heteroatoms. The molecule has 13 nitrogen and oxygen atoms in total. The van der Waals surface area contributed by atoms with Crippen molar-refractivity contribution in [2.24, 2.45) is 11.1 Å². The summed E-state index contributed by atoms with van der Waals surface area (Å²) in [4.78, 5) is 25.7. The molecule has 0 saturated carbocycles. The molecule has 2 saturated heterocycles. The second-order valence-electron chi connectivity index (χ2n) is 15.0. The van der Waals surface area contributed by atoms with Crippen LogP contribution >= 0.6 is 11.6 Å². The highest BCUT2D eigenvalue weighted by Gasteiger charge is 2.31. The third kappa shape index (κ3) is 7.58. The van der Waals surface area contributed by atoms with Gasteiger partial charge in [-0.05, 0) is 79.1 Å². The summed E-state index contributed by atoms with van der Waals surface area (Å²) < 4.78 is 20.5.